The van der Waals surface area contributed by atoms with Gasteiger partial charge in [-0.3, -0.25) is 4.79 Å². The molecule has 0 saturated heterocycles. The van der Waals surface area contributed by atoms with E-state index in [-0.39, 0.29) is 5.91 Å². The number of rotatable bonds is 5. The number of amides is 1. The molecule has 0 spiro atoms. The topological polar surface area (TPSA) is 54.0 Å². The number of thiazole rings is 1. The van der Waals surface area contributed by atoms with Crippen LogP contribution in [0.4, 0.5) is 0 Å². The van der Waals surface area contributed by atoms with Crippen molar-refractivity contribution < 1.29 is 4.79 Å². The standard InChI is InChI=1S/C13H15N3OS/c1-14-9-12(17)16-8-10-2-4-11(5-3-10)13-15-6-7-18-13/h2-7,14H,8-9H2,1H3,(H,16,17). The van der Waals surface area contributed by atoms with Crippen LogP contribution >= 0.6 is 11.3 Å². The molecule has 0 aliphatic carbocycles. The number of hydrogen-bond donors (Lipinski definition) is 2. The van der Waals surface area contributed by atoms with E-state index >= 15 is 0 Å². The number of nitrogens with zero attached hydrogens (tertiary/aromatic N) is 1. The fourth-order valence-corrected chi connectivity index (χ4v) is 2.20. The van der Waals surface area contributed by atoms with Gasteiger partial charge in [-0.15, -0.1) is 11.3 Å². The van der Waals surface area contributed by atoms with Gasteiger partial charge in [0.1, 0.15) is 5.01 Å². The molecule has 0 atom stereocenters. The fraction of sp³-hybridized carbons (Fsp3) is 0.231. The van der Waals surface area contributed by atoms with Gasteiger partial charge in [-0.1, -0.05) is 24.3 Å². The first kappa shape index (κ1) is 12.7. The third-order valence-corrected chi connectivity index (χ3v) is 3.28. The maximum Gasteiger partial charge on any atom is 0.234 e. The van der Waals surface area contributed by atoms with Crippen LogP contribution in [0.1, 0.15) is 5.56 Å². The molecule has 0 aliphatic rings. The van der Waals surface area contributed by atoms with Crippen LogP contribution in [0.3, 0.4) is 0 Å². The number of benzene rings is 1. The van der Waals surface area contributed by atoms with Crippen LogP contribution in [0.25, 0.3) is 10.6 Å². The normalized spacial score (nSPS) is 10.3. The Hall–Kier alpha value is -1.72. The van der Waals surface area contributed by atoms with Crippen LogP contribution in [0.15, 0.2) is 35.8 Å². The predicted octanol–water partition coefficient (Wildman–Crippen LogP) is 1.65. The number of hydrogen-bond acceptors (Lipinski definition) is 4. The van der Waals surface area contributed by atoms with Gasteiger partial charge in [0.05, 0.1) is 6.54 Å². The van der Waals surface area contributed by atoms with Crippen molar-refractivity contribution in [3.05, 3.63) is 41.4 Å². The average Bonchev–Trinajstić information content (AvgIpc) is 2.91. The smallest absolute Gasteiger partial charge is 0.234 e. The molecule has 0 saturated carbocycles. The molecule has 0 fully saturated rings. The van der Waals surface area contributed by atoms with Crippen LogP contribution in [0.5, 0.6) is 0 Å². The van der Waals surface area contributed by atoms with E-state index in [4.69, 9.17) is 0 Å². The Morgan fingerprint density at radius 1 is 1.33 bits per heavy atom. The third kappa shape index (κ3) is 3.38. The molecule has 0 unspecified atom stereocenters. The molecule has 2 aromatic rings. The van der Waals surface area contributed by atoms with E-state index in [0.29, 0.717) is 13.1 Å². The van der Waals surface area contributed by atoms with E-state index in [1.165, 1.54) is 0 Å². The number of likely N-dealkylation sites (N-methyl/N-ethyl adjacent to an activating group) is 1. The van der Waals surface area contributed by atoms with Gasteiger partial charge in [0.15, 0.2) is 0 Å². The Morgan fingerprint density at radius 2 is 2.11 bits per heavy atom. The van der Waals surface area contributed by atoms with Crippen molar-refractivity contribution in [2.45, 2.75) is 6.54 Å². The molecular weight excluding hydrogens is 246 g/mol. The quantitative estimate of drug-likeness (QED) is 0.860. The highest BCUT2D eigenvalue weighted by Gasteiger charge is 2.02. The lowest BCUT2D eigenvalue weighted by atomic mass is 10.1. The van der Waals surface area contributed by atoms with Crippen molar-refractivity contribution in [3.8, 4) is 10.6 Å². The van der Waals surface area contributed by atoms with E-state index in [2.05, 4.69) is 15.6 Å². The Morgan fingerprint density at radius 3 is 2.72 bits per heavy atom. The highest BCUT2D eigenvalue weighted by Crippen LogP contribution is 2.21. The number of carbonyl (C=O) groups is 1. The first-order valence-electron chi connectivity index (χ1n) is 5.69. The molecular formula is C13H15N3OS. The first-order valence-corrected chi connectivity index (χ1v) is 6.57. The zero-order valence-corrected chi connectivity index (χ0v) is 11.0. The molecule has 1 amide bonds. The summed E-state index contributed by atoms with van der Waals surface area (Å²) in [5.74, 6) is 0.00139. The van der Waals surface area contributed by atoms with Gasteiger partial charge in [0, 0.05) is 23.7 Å². The lowest BCUT2D eigenvalue weighted by Crippen LogP contribution is -2.31. The van der Waals surface area contributed by atoms with Gasteiger partial charge in [0.25, 0.3) is 0 Å². The molecule has 1 heterocycles. The predicted molar refractivity (Wildman–Crippen MR) is 73.3 cm³/mol. The minimum atomic E-state index is 0.00139. The summed E-state index contributed by atoms with van der Waals surface area (Å²) < 4.78 is 0. The van der Waals surface area contributed by atoms with Crippen molar-refractivity contribution in [1.82, 2.24) is 15.6 Å². The second-order valence-electron chi connectivity index (χ2n) is 3.84. The molecule has 0 bridgehead atoms. The Bertz CT molecular complexity index is 493. The van der Waals surface area contributed by atoms with Gasteiger partial charge in [-0.05, 0) is 12.6 Å². The zero-order chi connectivity index (χ0) is 12.8. The molecule has 4 nitrogen and oxygen atoms in total. The van der Waals surface area contributed by atoms with Crippen LogP contribution in [0, 0.1) is 0 Å². The van der Waals surface area contributed by atoms with Gasteiger partial charge in [0.2, 0.25) is 5.91 Å². The van der Waals surface area contributed by atoms with E-state index in [1.54, 1.807) is 24.6 Å². The summed E-state index contributed by atoms with van der Waals surface area (Å²) in [6, 6.07) is 8.07. The van der Waals surface area contributed by atoms with Gasteiger partial charge >= 0.3 is 0 Å². The summed E-state index contributed by atoms with van der Waals surface area (Å²) in [6.07, 6.45) is 1.80. The van der Waals surface area contributed by atoms with E-state index in [0.717, 1.165) is 16.1 Å². The van der Waals surface area contributed by atoms with Crippen molar-refractivity contribution in [2.24, 2.45) is 0 Å². The van der Waals surface area contributed by atoms with Crippen molar-refractivity contribution in [1.29, 1.82) is 0 Å². The number of aromatic nitrogens is 1. The minimum Gasteiger partial charge on any atom is -0.351 e. The molecule has 94 valence electrons. The van der Waals surface area contributed by atoms with Crippen LogP contribution in [-0.2, 0) is 11.3 Å². The monoisotopic (exact) mass is 261 g/mol. The second kappa shape index (κ2) is 6.28. The SMILES string of the molecule is CNCC(=O)NCc1ccc(-c2nccs2)cc1. The third-order valence-electron chi connectivity index (χ3n) is 2.46. The zero-order valence-electron chi connectivity index (χ0n) is 10.1. The van der Waals surface area contributed by atoms with E-state index < -0.39 is 0 Å². The molecule has 0 aliphatic heterocycles. The summed E-state index contributed by atoms with van der Waals surface area (Å²) in [7, 11) is 1.75. The minimum absolute atomic E-state index is 0.00139. The average molecular weight is 261 g/mol. The van der Waals surface area contributed by atoms with Crippen LogP contribution in [-0.4, -0.2) is 24.5 Å². The van der Waals surface area contributed by atoms with Crippen LogP contribution < -0.4 is 10.6 Å². The summed E-state index contributed by atoms with van der Waals surface area (Å²) in [4.78, 5) is 15.5. The molecule has 0 radical (unpaired) electrons. The van der Waals surface area contributed by atoms with Crippen molar-refractivity contribution in [2.75, 3.05) is 13.6 Å². The number of nitrogens with one attached hydrogen (secondary N) is 2. The Kier molecular flexibility index (Phi) is 4.44. The molecule has 1 aromatic heterocycles. The van der Waals surface area contributed by atoms with Gasteiger partial charge in [-0.25, -0.2) is 4.98 Å². The first-order chi connectivity index (χ1) is 8.79. The Balaban J connectivity index is 1.94. The van der Waals surface area contributed by atoms with E-state index in [9.17, 15) is 4.79 Å². The summed E-state index contributed by atoms with van der Waals surface area (Å²) in [6.45, 7) is 0.899. The van der Waals surface area contributed by atoms with Crippen molar-refractivity contribution in [3.63, 3.8) is 0 Å². The highest BCUT2D eigenvalue weighted by molar-refractivity contribution is 7.13. The molecule has 18 heavy (non-hydrogen) atoms. The molecule has 2 rings (SSSR count). The largest absolute Gasteiger partial charge is 0.351 e. The summed E-state index contributed by atoms with van der Waals surface area (Å²) in [5.41, 5.74) is 2.19. The van der Waals surface area contributed by atoms with Crippen molar-refractivity contribution >= 4 is 17.2 Å². The summed E-state index contributed by atoms with van der Waals surface area (Å²) in [5, 5.41) is 8.63. The van der Waals surface area contributed by atoms with Crippen LogP contribution in [0.2, 0.25) is 0 Å². The second-order valence-corrected chi connectivity index (χ2v) is 4.74. The van der Waals surface area contributed by atoms with Gasteiger partial charge < -0.3 is 10.6 Å². The number of carbonyl (C=O) groups excluding carboxylic acids is 1. The maximum absolute atomic E-state index is 11.3. The molecule has 5 heteroatoms. The maximum atomic E-state index is 11.3. The summed E-state index contributed by atoms with van der Waals surface area (Å²) >= 11 is 1.62. The fourth-order valence-electron chi connectivity index (χ4n) is 1.55. The Labute approximate surface area is 110 Å². The lowest BCUT2D eigenvalue weighted by Gasteiger charge is -2.05. The molecule has 2 N–H and O–H groups in total. The lowest BCUT2D eigenvalue weighted by molar-refractivity contribution is -0.120. The van der Waals surface area contributed by atoms with Gasteiger partial charge in [-0.2, -0.15) is 0 Å². The highest BCUT2D eigenvalue weighted by atomic mass is 32.1. The van der Waals surface area contributed by atoms with E-state index in [1.807, 2.05) is 29.6 Å². The molecule has 1 aromatic carbocycles.